The Morgan fingerprint density at radius 1 is 1.50 bits per heavy atom. The summed E-state index contributed by atoms with van der Waals surface area (Å²) >= 11 is 6.21. The van der Waals surface area contributed by atoms with Crippen LogP contribution in [0.15, 0.2) is 18.2 Å². The Labute approximate surface area is 135 Å². The molecular formula is C17H21ClN2O2. The smallest absolute Gasteiger partial charge is 0.270 e. The van der Waals surface area contributed by atoms with Crippen LogP contribution in [-0.4, -0.2) is 42.1 Å². The van der Waals surface area contributed by atoms with Gasteiger partial charge in [0.15, 0.2) is 0 Å². The second-order valence-corrected chi connectivity index (χ2v) is 6.26. The Morgan fingerprint density at radius 2 is 2.32 bits per heavy atom. The van der Waals surface area contributed by atoms with Crippen molar-refractivity contribution in [3.8, 4) is 0 Å². The topological polar surface area (TPSA) is 45.3 Å². The van der Waals surface area contributed by atoms with Crippen LogP contribution in [0.5, 0.6) is 0 Å². The van der Waals surface area contributed by atoms with Crippen molar-refractivity contribution in [3.63, 3.8) is 0 Å². The van der Waals surface area contributed by atoms with Crippen LogP contribution in [0.4, 0.5) is 0 Å². The predicted molar refractivity (Wildman–Crippen MR) is 88.5 cm³/mol. The highest BCUT2D eigenvalue weighted by molar-refractivity contribution is 6.35. The standard InChI is InChI=1S/C17H21ClN2O2/c1-3-22-10-12-7-8-20(9-12)17(21)15-11(2)13-5-4-6-14(18)16(13)19-15/h4-6,12,19H,3,7-10H2,1-2H3/t12-/m1/s1. The first kappa shape index (κ1) is 15.4. The molecule has 1 atom stereocenters. The highest BCUT2D eigenvalue weighted by atomic mass is 35.5. The average molecular weight is 321 g/mol. The van der Waals surface area contributed by atoms with Crippen LogP contribution < -0.4 is 0 Å². The normalized spacial score (nSPS) is 18.3. The number of halogens is 1. The molecule has 0 bridgehead atoms. The molecule has 1 aromatic heterocycles. The lowest BCUT2D eigenvalue weighted by atomic mass is 10.1. The Bertz CT molecular complexity index is 695. The van der Waals surface area contributed by atoms with Crippen molar-refractivity contribution in [2.45, 2.75) is 20.3 Å². The van der Waals surface area contributed by atoms with Gasteiger partial charge in [-0.25, -0.2) is 0 Å². The summed E-state index contributed by atoms with van der Waals surface area (Å²) in [6.45, 7) is 6.98. The van der Waals surface area contributed by atoms with Gasteiger partial charge in [-0.15, -0.1) is 0 Å². The zero-order chi connectivity index (χ0) is 15.7. The molecule has 2 aromatic rings. The molecule has 0 radical (unpaired) electrons. The van der Waals surface area contributed by atoms with E-state index in [-0.39, 0.29) is 5.91 Å². The summed E-state index contributed by atoms with van der Waals surface area (Å²) in [6.07, 6.45) is 1.01. The number of carbonyl (C=O) groups is 1. The van der Waals surface area contributed by atoms with Crippen LogP contribution in [-0.2, 0) is 4.74 Å². The van der Waals surface area contributed by atoms with E-state index in [1.54, 1.807) is 0 Å². The number of para-hydroxylation sites is 1. The van der Waals surface area contributed by atoms with Crippen molar-refractivity contribution in [2.24, 2.45) is 5.92 Å². The number of nitrogens with zero attached hydrogens (tertiary/aromatic N) is 1. The van der Waals surface area contributed by atoms with Gasteiger partial charge in [0.25, 0.3) is 5.91 Å². The zero-order valence-electron chi connectivity index (χ0n) is 13.0. The molecule has 4 nitrogen and oxygen atoms in total. The number of rotatable bonds is 4. The van der Waals surface area contributed by atoms with Crippen molar-refractivity contribution in [3.05, 3.63) is 34.5 Å². The summed E-state index contributed by atoms with van der Waals surface area (Å²) in [6, 6.07) is 5.74. The van der Waals surface area contributed by atoms with Crippen molar-refractivity contribution in [2.75, 3.05) is 26.3 Å². The third-order valence-electron chi connectivity index (χ3n) is 4.39. The van der Waals surface area contributed by atoms with E-state index in [0.717, 1.165) is 49.2 Å². The Morgan fingerprint density at radius 3 is 3.05 bits per heavy atom. The minimum atomic E-state index is 0.0590. The fourth-order valence-electron chi connectivity index (χ4n) is 3.13. The van der Waals surface area contributed by atoms with Gasteiger partial charge >= 0.3 is 0 Å². The fraction of sp³-hybridized carbons (Fsp3) is 0.471. The Balaban J connectivity index is 1.81. The number of fused-ring (bicyclic) bond motifs is 1. The molecule has 1 saturated heterocycles. The van der Waals surface area contributed by atoms with E-state index in [1.165, 1.54) is 0 Å². The Kier molecular flexibility index (Phi) is 4.41. The molecule has 0 aliphatic carbocycles. The highest BCUT2D eigenvalue weighted by Gasteiger charge is 2.29. The van der Waals surface area contributed by atoms with Crippen LogP contribution >= 0.6 is 11.6 Å². The van der Waals surface area contributed by atoms with Gasteiger partial charge in [0, 0.05) is 31.0 Å². The summed E-state index contributed by atoms with van der Waals surface area (Å²) in [5, 5.41) is 1.66. The molecule has 1 N–H and O–H groups in total. The third kappa shape index (κ3) is 2.73. The van der Waals surface area contributed by atoms with Crippen LogP contribution in [0, 0.1) is 12.8 Å². The second-order valence-electron chi connectivity index (χ2n) is 5.85. The summed E-state index contributed by atoms with van der Waals surface area (Å²) in [5.41, 5.74) is 2.46. The third-order valence-corrected chi connectivity index (χ3v) is 4.70. The first-order chi connectivity index (χ1) is 10.6. The SMILES string of the molecule is CCOC[C@@H]1CCN(C(=O)c2[nH]c3c(Cl)cccc3c2C)C1. The minimum Gasteiger partial charge on any atom is -0.381 e. The maximum absolute atomic E-state index is 12.8. The monoisotopic (exact) mass is 320 g/mol. The average Bonchev–Trinajstić information content (AvgIpc) is 3.11. The van der Waals surface area contributed by atoms with E-state index in [9.17, 15) is 4.79 Å². The number of hydrogen-bond donors (Lipinski definition) is 1. The van der Waals surface area contributed by atoms with Gasteiger partial charge in [0.05, 0.1) is 17.1 Å². The Hall–Kier alpha value is -1.52. The molecule has 0 unspecified atom stereocenters. The number of H-pyrrole nitrogens is 1. The predicted octanol–water partition coefficient (Wildman–Crippen LogP) is 3.63. The van der Waals surface area contributed by atoms with E-state index in [1.807, 2.05) is 36.9 Å². The molecule has 22 heavy (non-hydrogen) atoms. The largest absolute Gasteiger partial charge is 0.381 e. The van der Waals surface area contributed by atoms with Crippen molar-refractivity contribution in [1.29, 1.82) is 0 Å². The first-order valence-electron chi connectivity index (χ1n) is 7.75. The van der Waals surface area contributed by atoms with Crippen LogP contribution in [0.1, 0.15) is 29.4 Å². The van der Waals surface area contributed by atoms with Crippen molar-refractivity contribution < 1.29 is 9.53 Å². The number of nitrogens with one attached hydrogen (secondary N) is 1. The summed E-state index contributed by atoms with van der Waals surface area (Å²) < 4.78 is 5.48. The number of benzene rings is 1. The maximum atomic E-state index is 12.8. The van der Waals surface area contributed by atoms with Gasteiger partial charge in [-0.1, -0.05) is 23.7 Å². The van der Waals surface area contributed by atoms with Crippen LogP contribution in [0.2, 0.25) is 5.02 Å². The van der Waals surface area contributed by atoms with Gasteiger partial charge in [0.1, 0.15) is 5.69 Å². The van der Waals surface area contributed by atoms with Gasteiger partial charge in [0.2, 0.25) is 0 Å². The number of aryl methyl sites for hydroxylation is 1. The number of aromatic nitrogens is 1. The number of carbonyl (C=O) groups excluding carboxylic acids is 1. The van der Waals surface area contributed by atoms with Gasteiger partial charge in [-0.3, -0.25) is 4.79 Å². The lowest BCUT2D eigenvalue weighted by molar-refractivity contribution is 0.0757. The molecular weight excluding hydrogens is 300 g/mol. The molecule has 0 saturated carbocycles. The summed E-state index contributed by atoms with van der Waals surface area (Å²) in [4.78, 5) is 17.9. The number of amides is 1. The summed E-state index contributed by atoms with van der Waals surface area (Å²) in [5.74, 6) is 0.501. The van der Waals surface area contributed by atoms with E-state index >= 15 is 0 Å². The second kappa shape index (κ2) is 6.31. The number of hydrogen-bond acceptors (Lipinski definition) is 2. The van der Waals surface area contributed by atoms with Crippen molar-refractivity contribution in [1.82, 2.24) is 9.88 Å². The summed E-state index contributed by atoms with van der Waals surface area (Å²) in [7, 11) is 0. The molecule has 3 rings (SSSR count). The number of aromatic amines is 1. The van der Waals surface area contributed by atoms with Crippen LogP contribution in [0.3, 0.4) is 0 Å². The lowest BCUT2D eigenvalue weighted by Crippen LogP contribution is -2.30. The van der Waals surface area contributed by atoms with E-state index < -0.39 is 0 Å². The van der Waals surface area contributed by atoms with E-state index in [0.29, 0.717) is 16.6 Å². The number of likely N-dealkylation sites (tertiary alicyclic amines) is 1. The minimum absolute atomic E-state index is 0.0590. The van der Waals surface area contributed by atoms with Gasteiger partial charge in [-0.05, 0) is 31.9 Å². The maximum Gasteiger partial charge on any atom is 0.270 e. The molecule has 2 heterocycles. The highest BCUT2D eigenvalue weighted by Crippen LogP contribution is 2.29. The first-order valence-corrected chi connectivity index (χ1v) is 8.13. The molecule has 118 valence electrons. The quantitative estimate of drug-likeness (QED) is 0.935. The zero-order valence-corrected chi connectivity index (χ0v) is 13.7. The van der Waals surface area contributed by atoms with Gasteiger partial charge < -0.3 is 14.6 Å². The lowest BCUT2D eigenvalue weighted by Gasteiger charge is -2.16. The van der Waals surface area contributed by atoms with E-state index in [4.69, 9.17) is 16.3 Å². The van der Waals surface area contributed by atoms with E-state index in [2.05, 4.69) is 4.98 Å². The number of ether oxygens (including phenoxy) is 1. The molecule has 1 amide bonds. The molecule has 1 aromatic carbocycles. The molecule has 5 heteroatoms. The fourth-order valence-corrected chi connectivity index (χ4v) is 3.35. The van der Waals surface area contributed by atoms with Crippen LogP contribution in [0.25, 0.3) is 10.9 Å². The molecule has 1 aliphatic rings. The van der Waals surface area contributed by atoms with Gasteiger partial charge in [-0.2, -0.15) is 0 Å². The molecule has 1 aliphatic heterocycles. The molecule has 0 spiro atoms. The van der Waals surface area contributed by atoms with Crippen molar-refractivity contribution >= 4 is 28.4 Å². The molecule has 1 fully saturated rings.